The smallest absolute Gasteiger partial charge is 0.163 e. The Morgan fingerprint density at radius 3 is 2.61 bits per heavy atom. The number of anilines is 1. The quantitative estimate of drug-likeness (QED) is 0.400. The molecule has 0 radical (unpaired) electrons. The molecule has 1 fully saturated rings. The van der Waals surface area contributed by atoms with Crippen LogP contribution in [0.4, 0.5) is 5.82 Å². The maximum absolute atomic E-state index is 5.05. The molecule has 6 nitrogen and oxygen atoms in total. The van der Waals surface area contributed by atoms with Gasteiger partial charge in [-0.15, -0.1) is 0 Å². The molecule has 7 heteroatoms. The zero-order chi connectivity index (χ0) is 19.5. The maximum atomic E-state index is 5.05. The van der Waals surface area contributed by atoms with Crippen LogP contribution in [0, 0.1) is 0 Å². The Labute approximate surface area is 180 Å². The Morgan fingerprint density at radius 1 is 1.07 bits per heavy atom. The summed E-state index contributed by atoms with van der Waals surface area (Å²) in [6.45, 7) is 8.90. The summed E-state index contributed by atoms with van der Waals surface area (Å²) in [6, 6.07) is 8.43. The van der Waals surface area contributed by atoms with Crippen LogP contribution in [0.25, 0.3) is 21.9 Å². The molecule has 0 amide bonds. The van der Waals surface area contributed by atoms with E-state index in [1.807, 2.05) is 0 Å². The molecule has 0 bridgehead atoms. The van der Waals surface area contributed by atoms with Gasteiger partial charge in [0.05, 0.1) is 33.9 Å². The summed E-state index contributed by atoms with van der Waals surface area (Å²) in [5.74, 6) is 2.06. The number of likely N-dealkylation sites (N-methyl/N-ethyl adjacent to an activating group) is 1. The highest BCUT2D eigenvalue weighted by molar-refractivity contribution is 14.1. The minimum Gasteiger partial charge on any atom is -0.326 e. The van der Waals surface area contributed by atoms with Crippen LogP contribution in [-0.4, -0.2) is 64.1 Å². The van der Waals surface area contributed by atoms with Crippen molar-refractivity contribution in [3.05, 3.63) is 30.1 Å². The topological polar surface area (TPSA) is 49.2 Å². The summed E-state index contributed by atoms with van der Waals surface area (Å²) in [4.78, 5) is 14.8. The van der Waals surface area contributed by atoms with Gasteiger partial charge < -0.3 is 13.0 Å². The van der Waals surface area contributed by atoms with E-state index < -0.39 is 0 Å². The van der Waals surface area contributed by atoms with Crippen LogP contribution < -0.4 is 3.53 Å². The molecule has 3 aromatic rings. The average Bonchev–Trinajstić information content (AvgIpc) is 3.10. The lowest BCUT2D eigenvalue weighted by Crippen LogP contribution is -2.45. The highest BCUT2D eigenvalue weighted by Gasteiger charge is 2.19. The van der Waals surface area contributed by atoms with Gasteiger partial charge in [0.2, 0.25) is 0 Å². The molecule has 0 spiro atoms. The van der Waals surface area contributed by atoms with Crippen molar-refractivity contribution in [2.24, 2.45) is 0 Å². The van der Waals surface area contributed by atoms with Crippen LogP contribution in [0.15, 0.2) is 24.3 Å². The normalized spacial score (nSPS) is 16.2. The minimum absolute atomic E-state index is 0.866. The number of rotatable bonds is 7. The number of hydrogen-bond donors (Lipinski definition) is 1. The van der Waals surface area contributed by atoms with Gasteiger partial charge in [-0.1, -0.05) is 31.5 Å². The van der Waals surface area contributed by atoms with E-state index in [1.165, 1.54) is 23.1 Å². The number of aryl methyl sites for hydroxylation is 1. The molecule has 2 aromatic heterocycles. The number of nitrogens with one attached hydrogen (secondary N) is 1. The van der Waals surface area contributed by atoms with Crippen molar-refractivity contribution in [1.29, 1.82) is 0 Å². The number of unbranched alkanes of at least 4 members (excludes halogenated alkanes) is 1. The third kappa shape index (κ3) is 3.97. The summed E-state index contributed by atoms with van der Waals surface area (Å²) in [7, 11) is 2.21. The van der Waals surface area contributed by atoms with E-state index in [4.69, 9.17) is 9.97 Å². The SMILES string of the molecule is CCCCc1nc2c(NI)nc3ccccc3c2n1CCN1CCN(C)CC1. The summed E-state index contributed by atoms with van der Waals surface area (Å²) >= 11 is 2.17. The summed E-state index contributed by atoms with van der Waals surface area (Å²) in [6.07, 6.45) is 3.36. The van der Waals surface area contributed by atoms with E-state index >= 15 is 0 Å². The fraction of sp³-hybridized carbons (Fsp3) is 0.524. The molecule has 0 saturated carbocycles. The first kappa shape index (κ1) is 19.8. The lowest BCUT2D eigenvalue weighted by atomic mass is 10.2. The van der Waals surface area contributed by atoms with E-state index in [2.05, 4.69) is 79.0 Å². The predicted molar refractivity (Wildman–Crippen MR) is 125 cm³/mol. The number of para-hydroxylation sites is 1. The molecular weight excluding hydrogens is 463 g/mol. The number of imidazole rings is 1. The van der Waals surface area contributed by atoms with E-state index in [9.17, 15) is 0 Å². The standard InChI is InChI=1S/C21H29IN6/c1-3-4-9-18-24-19-20(16-7-5-6-8-17(16)23-21(19)25-22)28(18)15-14-27-12-10-26(2)11-13-27/h5-8H,3-4,9-15H2,1-2H3,(H,23,25). The zero-order valence-electron chi connectivity index (χ0n) is 16.8. The predicted octanol–water partition coefficient (Wildman–Crippen LogP) is 3.94. The van der Waals surface area contributed by atoms with Gasteiger partial charge in [-0.25, -0.2) is 9.97 Å². The Kier molecular flexibility index (Phi) is 6.32. The zero-order valence-corrected chi connectivity index (χ0v) is 18.9. The largest absolute Gasteiger partial charge is 0.326 e. The molecule has 3 heterocycles. The van der Waals surface area contributed by atoms with Gasteiger partial charge in [-0.05, 0) is 19.5 Å². The number of halogens is 1. The lowest BCUT2D eigenvalue weighted by Gasteiger charge is -2.32. The number of piperazine rings is 1. The van der Waals surface area contributed by atoms with Crippen LogP contribution in [0.2, 0.25) is 0 Å². The second kappa shape index (κ2) is 8.92. The molecular formula is C21H29IN6. The van der Waals surface area contributed by atoms with E-state index in [0.29, 0.717) is 0 Å². The first-order valence-electron chi connectivity index (χ1n) is 10.3. The molecule has 1 aliphatic rings. The van der Waals surface area contributed by atoms with E-state index in [1.54, 1.807) is 0 Å². The number of benzene rings is 1. The molecule has 1 aromatic carbocycles. The van der Waals surface area contributed by atoms with Gasteiger partial charge in [0.15, 0.2) is 5.82 Å². The molecule has 1 N–H and O–H groups in total. The van der Waals surface area contributed by atoms with Gasteiger partial charge in [-0.3, -0.25) is 4.90 Å². The number of fused-ring (bicyclic) bond motifs is 3. The average molecular weight is 492 g/mol. The van der Waals surface area contributed by atoms with Gasteiger partial charge in [-0.2, -0.15) is 0 Å². The summed E-state index contributed by atoms with van der Waals surface area (Å²) in [5, 5.41) is 1.20. The second-order valence-corrected chi connectivity index (χ2v) is 8.24. The van der Waals surface area contributed by atoms with Gasteiger partial charge in [0.1, 0.15) is 11.3 Å². The first-order valence-corrected chi connectivity index (χ1v) is 11.3. The Morgan fingerprint density at radius 2 is 1.86 bits per heavy atom. The molecule has 0 atom stereocenters. The van der Waals surface area contributed by atoms with Crippen LogP contribution in [0.3, 0.4) is 0 Å². The highest BCUT2D eigenvalue weighted by atomic mass is 127. The number of hydrogen-bond acceptors (Lipinski definition) is 5. The molecule has 0 aliphatic carbocycles. The highest BCUT2D eigenvalue weighted by Crippen LogP contribution is 2.31. The third-order valence-corrected chi connectivity index (χ3v) is 6.25. The molecule has 28 heavy (non-hydrogen) atoms. The van der Waals surface area contributed by atoms with Gasteiger partial charge in [0.25, 0.3) is 0 Å². The Hall–Kier alpha value is -1.45. The van der Waals surface area contributed by atoms with Crippen molar-refractivity contribution in [3.63, 3.8) is 0 Å². The third-order valence-electron chi connectivity index (χ3n) is 5.74. The molecule has 150 valence electrons. The van der Waals surface area contributed by atoms with Gasteiger partial charge in [0, 0.05) is 51.1 Å². The first-order chi connectivity index (χ1) is 13.7. The van der Waals surface area contributed by atoms with Crippen molar-refractivity contribution in [3.8, 4) is 0 Å². The van der Waals surface area contributed by atoms with Crippen molar-refractivity contribution < 1.29 is 0 Å². The summed E-state index contributed by atoms with van der Waals surface area (Å²) in [5.41, 5.74) is 3.25. The van der Waals surface area contributed by atoms with Crippen molar-refractivity contribution >= 4 is 50.6 Å². The van der Waals surface area contributed by atoms with Crippen LogP contribution in [-0.2, 0) is 13.0 Å². The second-order valence-electron chi connectivity index (χ2n) is 7.70. The molecule has 1 aliphatic heterocycles. The number of aromatic nitrogens is 3. The van der Waals surface area contributed by atoms with E-state index in [0.717, 1.165) is 69.0 Å². The summed E-state index contributed by atoms with van der Waals surface area (Å²) < 4.78 is 5.70. The number of nitrogens with zero attached hydrogens (tertiary/aromatic N) is 5. The molecule has 1 saturated heterocycles. The number of pyridine rings is 1. The maximum Gasteiger partial charge on any atom is 0.163 e. The fourth-order valence-corrected chi connectivity index (χ4v) is 4.40. The Bertz CT molecular complexity index is 945. The molecule has 0 unspecified atom stereocenters. The minimum atomic E-state index is 0.866. The monoisotopic (exact) mass is 492 g/mol. The van der Waals surface area contributed by atoms with E-state index in [-0.39, 0.29) is 0 Å². The molecule has 4 rings (SSSR count). The fourth-order valence-electron chi connectivity index (χ4n) is 4.03. The van der Waals surface area contributed by atoms with Crippen molar-refractivity contribution in [2.45, 2.75) is 32.7 Å². The van der Waals surface area contributed by atoms with Crippen LogP contribution >= 0.6 is 22.9 Å². The van der Waals surface area contributed by atoms with Gasteiger partial charge >= 0.3 is 0 Å². The van der Waals surface area contributed by atoms with Crippen molar-refractivity contribution in [1.82, 2.24) is 24.3 Å². The van der Waals surface area contributed by atoms with Crippen molar-refractivity contribution in [2.75, 3.05) is 43.3 Å². The van der Waals surface area contributed by atoms with Crippen LogP contribution in [0.5, 0.6) is 0 Å². The Balaban J connectivity index is 1.75. The lowest BCUT2D eigenvalue weighted by molar-refractivity contribution is 0.150. The van der Waals surface area contributed by atoms with Crippen LogP contribution in [0.1, 0.15) is 25.6 Å².